The predicted molar refractivity (Wildman–Crippen MR) is 111 cm³/mol. The van der Waals surface area contributed by atoms with Crippen molar-refractivity contribution in [2.45, 2.75) is 13.3 Å². The van der Waals surface area contributed by atoms with Gasteiger partial charge in [-0.15, -0.1) is 11.3 Å². The fraction of sp³-hybridized carbons (Fsp3) is 0.250. The predicted octanol–water partition coefficient (Wildman–Crippen LogP) is 3.68. The molecule has 0 atom stereocenters. The molecule has 2 aromatic rings. The molecule has 0 spiro atoms. The van der Waals surface area contributed by atoms with E-state index in [0.29, 0.717) is 10.7 Å². The lowest BCUT2D eigenvalue weighted by molar-refractivity contribution is -0.124. The molecule has 3 rings (SSSR count). The third kappa shape index (κ3) is 5.46. The number of benzene rings is 1. The summed E-state index contributed by atoms with van der Waals surface area (Å²) in [6, 6.07) is 11.4. The molecule has 1 aliphatic heterocycles. The first-order chi connectivity index (χ1) is 13.5. The average Bonchev–Trinajstić information content (AvgIpc) is 3.27. The molecule has 1 N–H and O–H groups in total. The molecule has 2 heterocycles. The lowest BCUT2D eigenvalue weighted by Crippen LogP contribution is -2.37. The summed E-state index contributed by atoms with van der Waals surface area (Å²) in [5.74, 6) is 0.210. The maximum atomic E-state index is 12.4. The number of amides is 3. The number of thiophene rings is 1. The summed E-state index contributed by atoms with van der Waals surface area (Å²) < 4.78 is 5.52. The summed E-state index contributed by atoms with van der Waals surface area (Å²) in [6.45, 7) is 2.62. The zero-order chi connectivity index (χ0) is 19.9. The third-order valence-electron chi connectivity index (χ3n) is 3.97. The Hall–Kier alpha value is -2.58. The minimum absolute atomic E-state index is 0.150. The number of nitrogens with zero attached hydrogens (tertiary/aromatic N) is 1. The fourth-order valence-electron chi connectivity index (χ4n) is 2.49. The van der Waals surface area contributed by atoms with Gasteiger partial charge in [-0.1, -0.05) is 23.8 Å². The van der Waals surface area contributed by atoms with Crippen LogP contribution in [-0.4, -0.2) is 41.6 Å². The largest absolute Gasteiger partial charge is 0.493 e. The van der Waals surface area contributed by atoms with E-state index >= 15 is 0 Å². The number of carbonyl (C=O) groups excluding carboxylic acids is 3. The molecule has 8 heteroatoms. The van der Waals surface area contributed by atoms with Crippen molar-refractivity contribution in [3.8, 4) is 5.75 Å². The van der Waals surface area contributed by atoms with Crippen molar-refractivity contribution < 1.29 is 19.1 Å². The van der Waals surface area contributed by atoms with Crippen LogP contribution in [-0.2, 0) is 9.59 Å². The van der Waals surface area contributed by atoms with Crippen molar-refractivity contribution in [3.05, 3.63) is 57.1 Å². The van der Waals surface area contributed by atoms with Crippen LogP contribution in [0.15, 0.2) is 46.7 Å². The number of hydrogen-bond donors (Lipinski definition) is 1. The molecule has 1 aliphatic rings. The lowest BCUT2D eigenvalue weighted by Gasteiger charge is -2.13. The van der Waals surface area contributed by atoms with Gasteiger partial charge in [0.05, 0.1) is 17.9 Å². The number of aryl methyl sites for hydroxylation is 1. The van der Waals surface area contributed by atoms with E-state index in [1.165, 1.54) is 11.3 Å². The van der Waals surface area contributed by atoms with Gasteiger partial charge in [0.1, 0.15) is 5.75 Å². The van der Waals surface area contributed by atoms with E-state index in [2.05, 4.69) is 5.32 Å². The van der Waals surface area contributed by atoms with Crippen LogP contribution in [0.2, 0.25) is 0 Å². The molecular formula is C20H20N2O4S2. The molecule has 1 saturated heterocycles. The van der Waals surface area contributed by atoms with Crippen LogP contribution in [0.1, 0.15) is 16.9 Å². The van der Waals surface area contributed by atoms with Crippen molar-refractivity contribution in [2.24, 2.45) is 0 Å². The molecule has 0 unspecified atom stereocenters. The molecule has 1 aromatic heterocycles. The Morgan fingerprint density at radius 3 is 2.71 bits per heavy atom. The summed E-state index contributed by atoms with van der Waals surface area (Å²) >= 11 is 2.43. The van der Waals surface area contributed by atoms with Gasteiger partial charge in [0.15, 0.2) is 0 Å². The molecule has 28 heavy (non-hydrogen) atoms. The average molecular weight is 417 g/mol. The van der Waals surface area contributed by atoms with Crippen LogP contribution in [0.3, 0.4) is 0 Å². The van der Waals surface area contributed by atoms with Gasteiger partial charge >= 0.3 is 0 Å². The second-order valence-electron chi connectivity index (χ2n) is 6.11. The van der Waals surface area contributed by atoms with Crippen LogP contribution < -0.4 is 10.1 Å². The van der Waals surface area contributed by atoms with Gasteiger partial charge in [-0.2, -0.15) is 0 Å². The van der Waals surface area contributed by atoms with Crippen LogP contribution in [0.25, 0.3) is 6.08 Å². The monoisotopic (exact) mass is 416 g/mol. The molecule has 0 saturated carbocycles. The van der Waals surface area contributed by atoms with Crippen LogP contribution in [0.5, 0.6) is 5.75 Å². The van der Waals surface area contributed by atoms with Gasteiger partial charge in [-0.3, -0.25) is 19.3 Å². The quantitative estimate of drug-likeness (QED) is 0.665. The van der Waals surface area contributed by atoms with Gasteiger partial charge in [0, 0.05) is 18.0 Å². The summed E-state index contributed by atoms with van der Waals surface area (Å²) in [7, 11) is 0. The van der Waals surface area contributed by atoms with Crippen LogP contribution in [0.4, 0.5) is 4.79 Å². The Balaban J connectivity index is 1.39. The molecule has 146 valence electrons. The molecule has 0 radical (unpaired) electrons. The maximum Gasteiger partial charge on any atom is 0.293 e. The van der Waals surface area contributed by atoms with E-state index in [9.17, 15) is 14.4 Å². The van der Waals surface area contributed by atoms with E-state index in [1.807, 2.05) is 48.7 Å². The lowest BCUT2D eigenvalue weighted by atomic mass is 10.2. The van der Waals surface area contributed by atoms with Gasteiger partial charge in [-0.05, 0) is 48.3 Å². The second kappa shape index (κ2) is 9.57. The van der Waals surface area contributed by atoms with Crippen molar-refractivity contribution in [1.82, 2.24) is 10.2 Å². The first kappa shape index (κ1) is 20.2. The molecule has 1 fully saturated rings. The number of nitrogens with one attached hydrogen (secondary N) is 1. The molecular weight excluding hydrogens is 396 g/mol. The number of thioether (sulfide) groups is 1. The molecule has 0 aliphatic carbocycles. The van der Waals surface area contributed by atoms with Gasteiger partial charge < -0.3 is 10.1 Å². The highest BCUT2D eigenvalue weighted by molar-refractivity contribution is 8.18. The van der Waals surface area contributed by atoms with Crippen molar-refractivity contribution in [1.29, 1.82) is 0 Å². The van der Waals surface area contributed by atoms with E-state index in [1.54, 1.807) is 6.08 Å². The summed E-state index contributed by atoms with van der Waals surface area (Å²) in [5.41, 5.74) is 1.14. The molecule has 0 bridgehead atoms. The van der Waals surface area contributed by atoms with E-state index in [4.69, 9.17) is 4.74 Å². The minimum Gasteiger partial charge on any atom is -0.493 e. The zero-order valence-corrected chi connectivity index (χ0v) is 17.0. The Morgan fingerprint density at radius 1 is 1.21 bits per heavy atom. The van der Waals surface area contributed by atoms with Crippen molar-refractivity contribution >= 4 is 46.2 Å². The first-order valence-electron chi connectivity index (χ1n) is 8.78. The van der Waals surface area contributed by atoms with E-state index in [0.717, 1.165) is 27.1 Å². The Kier molecular flexibility index (Phi) is 6.89. The van der Waals surface area contributed by atoms with E-state index < -0.39 is 0 Å². The zero-order valence-electron chi connectivity index (χ0n) is 15.3. The van der Waals surface area contributed by atoms with Crippen LogP contribution >= 0.6 is 23.1 Å². The topological polar surface area (TPSA) is 75.7 Å². The number of hydrogen-bond acceptors (Lipinski definition) is 6. The highest BCUT2D eigenvalue weighted by Gasteiger charge is 2.34. The third-order valence-corrected chi connectivity index (χ3v) is 5.69. The first-order valence-corrected chi connectivity index (χ1v) is 10.5. The summed E-state index contributed by atoms with van der Waals surface area (Å²) in [4.78, 5) is 38.8. The Labute approximate surface area is 171 Å². The molecule has 3 amide bonds. The maximum absolute atomic E-state index is 12.4. The normalized spacial score (nSPS) is 15.3. The highest BCUT2D eigenvalue weighted by Crippen LogP contribution is 2.32. The Bertz CT molecular complexity index is 876. The van der Waals surface area contributed by atoms with Crippen molar-refractivity contribution in [2.75, 3.05) is 19.7 Å². The SMILES string of the molecule is Cc1ccc(OCCC(=O)NCCN2C(=O)SC(=Cc3cccs3)C2=O)cc1. The fourth-order valence-corrected chi connectivity index (χ4v) is 4.07. The molecule has 1 aromatic carbocycles. The number of imide groups is 1. The highest BCUT2D eigenvalue weighted by atomic mass is 32.2. The van der Waals surface area contributed by atoms with Gasteiger partial charge in [-0.25, -0.2) is 0 Å². The number of rotatable bonds is 8. The smallest absolute Gasteiger partial charge is 0.293 e. The van der Waals surface area contributed by atoms with E-state index in [-0.39, 0.29) is 43.2 Å². The number of carbonyl (C=O) groups is 3. The Morgan fingerprint density at radius 2 is 2.00 bits per heavy atom. The number of ether oxygens (including phenoxy) is 1. The minimum atomic E-state index is -0.319. The van der Waals surface area contributed by atoms with Gasteiger partial charge in [0.2, 0.25) is 5.91 Å². The van der Waals surface area contributed by atoms with Crippen molar-refractivity contribution in [3.63, 3.8) is 0 Å². The molecule has 6 nitrogen and oxygen atoms in total. The second-order valence-corrected chi connectivity index (χ2v) is 8.08. The standard InChI is InChI=1S/C20H20N2O4S2/c1-14-4-6-15(7-5-14)26-11-8-18(23)21-9-10-22-19(24)17(28-20(22)25)13-16-3-2-12-27-16/h2-7,12-13H,8-11H2,1H3,(H,21,23). The summed E-state index contributed by atoms with van der Waals surface area (Å²) in [6.07, 6.45) is 1.92. The summed E-state index contributed by atoms with van der Waals surface area (Å²) in [5, 5.41) is 4.31. The van der Waals surface area contributed by atoms with Crippen LogP contribution in [0, 0.1) is 6.92 Å². The van der Waals surface area contributed by atoms with Gasteiger partial charge in [0.25, 0.3) is 11.1 Å².